The van der Waals surface area contributed by atoms with Crippen molar-refractivity contribution in [1.82, 2.24) is 10.6 Å². The first kappa shape index (κ1) is 17.1. The van der Waals surface area contributed by atoms with E-state index in [2.05, 4.69) is 30.4 Å². The average molecular weight is 288 g/mol. The van der Waals surface area contributed by atoms with Gasteiger partial charge in [-0.2, -0.15) is 0 Å². The van der Waals surface area contributed by atoms with Crippen molar-refractivity contribution >= 4 is 5.91 Å². The van der Waals surface area contributed by atoms with Gasteiger partial charge >= 0.3 is 0 Å². The van der Waals surface area contributed by atoms with Gasteiger partial charge in [-0.15, -0.1) is 6.42 Å². The SMILES string of the molecule is C#CCNC(=O)C(C)Oc1cc(C)ccc1C(C)NCC. The van der Waals surface area contributed by atoms with E-state index in [4.69, 9.17) is 11.2 Å². The molecule has 114 valence electrons. The second kappa shape index (κ2) is 8.33. The van der Waals surface area contributed by atoms with Crippen LogP contribution in [0.15, 0.2) is 18.2 Å². The van der Waals surface area contributed by atoms with Gasteiger partial charge in [-0.1, -0.05) is 25.0 Å². The molecule has 0 aromatic heterocycles. The molecule has 0 fully saturated rings. The minimum Gasteiger partial charge on any atom is -0.481 e. The highest BCUT2D eigenvalue weighted by atomic mass is 16.5. The maximum atomic E-state index is 11.9. The number of ether oxygens (including phenoxy) is 1. The molecule has 0 bridgehead atoms. The molecule has 2 atom stereocenters. The van der Waals surface area contributed by atoms with Crippen molar-refractivity contribution in [1.29, 1.82) is 0 Å². The summed E-state index contributed by atoms with van der Waals surface area (Å²) < 4.78 is 5.83. The monoisotopic (exact) mass is 288 g/mol. The predicted molar refractivity (Wildman–Crippen MR) is 85.2 cm³/mol. The van der Waals surface area contributed by atoms with E-state index in [9.17, 15) is 4.79 Å². The van der Waals surface area contributed by atoms with E-state index in [-0.39, 0.29) is 18.5 Å². The zero-order valence-corrected chi connectivity index (χ0v) is 13.2. The third-order valence-corrected chi connectivity index (χ3v) is 3.18. The first-order chi connectivity index (χ1) is 9.99. The van der Waals surface area contributed by atoms with Crippen molar-refractivity contribution in [3.63, 3.8) is 0 Å². The molecule has 1 amide bonds. The van der Waals surface area contributed by atoms with Gasteiger partial charge in [0.2, 0.25) is 0 Å². The lowest BCUT2D eigenvalue weighted by molar-refractivity contribution is -0.127. The lowest BCUT2D eigenvalue weighted by Crippen LogP contribution is -2.36. The fraction of sp³-hybridized carbons (Fsp3) is 0.471. The van der Waals surface area contributed by atoms with Crippen LogP contribution in [-0.2, 0) is 4.79 Å². The minimum absolute atomic E-state index is 0.159. The maximum Gasteiger partial charge on any atom is 0.261 e. The standard InChI is InChI=1S/C17H24N2O2/c1-6-10-19-17(20)14(5)21-16-11-12(3)8-9-15(16)13(4)18-7-2/h1,8-9,11,13-14,18H,7,10H2,2-5H3,(H,19,20). The Bertz CT molecular complexity index is 520. The summed E-state index contributed by atoms with van der Waals surface area (Å²) in [5.74, 6) is 2.89. The molecule has 0 spiro atoms. The summed E-state index contributed by atoms with van der Waals surface area (Å²) in [6, 6.07) is 6.18. The molecule has 1 aromatic carbocycles. The number of hydrogen-bond acceptors (Lipinski definition) is 3. The summed E-state index contributed by atoms with van der Waals surface area (Å²) in [6.07, 6.45) is 4.54. The topological polar surface area (TPSA) is 50.4 Å². The summed E-state index contributed by atoms with van der Waals surface area (Å²) >= 11 is 0. The summed E-state index contributed by atoms with van der Waals surface area (Å²) in [7, 11) is 0. The molecular weight excluding hydrogens is 264 g/mol. The lowest BCUT2D eigenvalue weighted by Gasteiger charge is -2.21. The molecular formula is C17H24N2O2. The van der Waals surface area contributed by atoms with Crippen LogP contribution in [0.1, 0.15) is 37.9 Å². The molecule has 0 radical (unpaired) electrons. The number of rotatable bonds is 7. The molecule has 2 unspecified atom stereocenters. The number of hydrogen-bond donors (Lipinski definition) is 2. The second-order valence-electron chi connectivity index (χ2n) is 5.00. The smallest absolute Gasteiger partial charge is 0.261 e. The summed E-state index contributed by atoms with van der Waals surface area (Å²) in [4.78, 5) is 11.9. The highest BCUT2D eigenvalue weighted by Gasteiger charge is 2.18. The van der Waals surface area contributed by atoms with E-state index in [1.807, 2.05) is 25.1 Å². The van der Waals surface area contributed by atoms with E-state index >= 15 is 0 Å². The highest BCUT2D eigenvalue weighted by molar-refractivity contribution is 5.81. The van der Waals surface area contributed by atoms with Crippen LogP contribution < -0.4 is 15.4 Å². The van der Waals surface area contributed by atoms with E-state index in [0.717, 1.165) is 23.4 Å². The van der Waals surface area contributed by atoms with Gasteiger partial charge in [0.25, 0.3) is 5.91 Å². The fourth-order valence-electron chi connectivity index (χ4n) is 2.04. The molecule has 0 aliphatic carbocycles. The van der Waals surface area contributed by atoms with Crippen molar-refractivity contribution in [2.24, 2.45) is 0 Å². The Morgan fingerprint density at radius 2 is 2.14 bits per heavy atom. The Morgan fingerprint density at radius 1 is 1.43 bits per heavy atom. The van der Waals surface area contributed by atoms with Gasteiger partial charge in [-0.25, -0.2) is 0 Å². The summed E-state index contributed by atoms with van der Waals surface area (Å²) in [6.45, 7) is 8.92. The van der Waals surface area contributed by atoms with Gasteiger partial charge < -0.3 is 15.4 Å². The summed E-state index contributed by atoms with van der Waals surface area (Å²) in [5.41, 5.74) is 2.13. The highest BCUT2D eigenvalue weighted by Crippen LogP contribution is 2.27. The number of terminal acetylenes is 1. The van der Waals surface area contributed by atoms with Crippen molar-refractivity contribution in [2.45, 2.75) is 39.8 Å². The number of aryl methyl sites for hydroxylation is 1. The first-order valence-electron chi connectivity index (χ1n) is 7.21. The summed E-state index contributed by atoms with van der Waals surface area (Å²) in [5, 5.41) is 5.98. The fourth-order valence-corrected chi connectivity index (χ4v) is 2.04. The molecule has 21 heavy (non-hydrogen) atoms. The van der Waals surface area contributed by atoms with Crippen LogP contribution in [-0.4, -0.2) is 25.1 Å². The largest absolute Gasteiger partial charge is 0.481 e. The lowest BCUT2D eigenvalue weighted by atomic mass is 10.0. The normalized spacial score (nSPS) is 13.1. The number of amides is 1. The van der Waals surface area contributed by atoms with Crippen LogP contribution in [0.5, 0.6) is 5.75 Å². The molecule has 4 nitrogen and oxygen atoms in total. The van der Waals surface area contributed by atoms with Crippen LogP contribution in [0.4, 0.5) is 0 Å². The molecule has 0 heterocycles. The van der Waals surface area contributed by atoms with Crippen LogP contribution in [0.3, 0.4) is 0 Å². The predicted octanol–water partition coefficient (Wildman–Crippen LogP) is 2.18. The van der Waals surface area contributed by atoms with Crippen LogP contribution in [0, 0.1) is 19.3 Å². The van der Waals surface area contributed by atoms with Gasteiger partial charge in [0, 0.05) is 11.6 Å². The van der Waals surface area contributed by atoms with E-state index in [1.165, 1.54) is 0 Å². The van der Waals surface area contributed by atoms with Crippen LogP contribution in [0.25, 0.3) is 0 Å². The van der Waals surface area contributed by atoms with Gasteiger partial charge in [-0.05, 0) is 38.9 Å². The average Bonchev–Trinajstić information content (AvgIpc) is 2.44. The Balaban J connectivity index is 2.88. The zero-order valence-electron chi connectivity index (χ0n) is 13.2. The first-order valence-corrected chi connectivity index (χ1v) is 7.21. The Hall–Kier alpha value is -1.99. The molecule has 4 heteroatoms. The number of carbonyl (C=O) groups is 1. The number of nitrogens with one attached hydrogen (secondary N) is 2. The maximum absolute atomic E-state index is 11.9. The second-order valence-corrected chi connectivity index (χ2v) is 5.00. The van der Waals surface area contributed by atoms with Gasteiger partial charge in [0.15, 0.2) is 6.10 Å². The van der Waals surface area contributed by atoms with Crippen LogP contribution in [0.2, 0.25) is 0 Å². The minimum atomic E-state index is -0.590. The number of benzene rings is 1. The quantitative estimate of drug-likeness (QED) is 0.756. The Morgan fingerprint density at radius 3 is 2.76 bits per heavy atom. The Kier molecular flexibility index (Phi) is 6.77. The zero-order chi connectivity index (χ0) is 15.8. The van der Waals surface area contributed by atoms with Crippen LogP contribution >= 0.6 is 0 Å². The Labute approximate surface area is 127 Å². The van der Waals surface area contributed by atoms with Gasteiger partial charge in [0.05, 0.1) is 6.54 Å². The van der Waals surface area contributed by atoms with Crippen molar-refractivity contribution < 1.29 is 9.53 Å². The molecule has 0 saturated carbocycles. The van der Waals surface area contributed by atoms with Gasteiger partial charge in [0.1, 0.15) is 5.75 Å². The van der Waals surface area contributed by atoms with Crippen molar-refractivity contribution in [2.75, 3.05) is 13.1 Å². The molecule has 0 aliphatic heterocycles. The molecule has 2 N–H and O–H groups in total. The molecule has 0 aliphatic rings. The van der Waals surface area contributed by atoms with E-state index in [1.54, 1.807) is 6.92 Å². The van der Waals surface area contributed by atoms with Crippen molar-refractivity contribution in [3.05, 3.63) is 29.3 Å². The number of carbonyl (C=O) groups excluding carboxylic acids is 1. The van der Waals surface area contributed by atoms with E-state index < -0.39 is 6.10 Å². The third-order valence-electron chi connectivity index (χ3n) is 3.18. The van der Waals surface area contributed by atoms with E-state index in [0.29, 0.717) is 0 Å². The molecule has 0 saturated heterocycles. The van der Waals surface area contributed by atoms with Crippen molar-refractivity contribution in [3.8, 4) is 18.1 Å². The molecule has 1 aromatic rings. The molecule has 1 rings (SSSR count). The third kappa shape index (κ3) is 5.13. The van der Waals surface area contributed by atoms with Gasteiger partial charge in [-0.3, -0.25) is 4.79 Å².